The summed E-state index contributed by atoms with van der Waals surface area (Å²) in [5.74, 6) is -0.654. The van der Waals surface area contributed by atoms with Crippen LogP contribution in [0.1, 0.15) is 23.3 Å². The van der Waals surface area contributed by atoms with Gasteiger partial charge in [-0.3, -0.25) is 4.90 Å². The van der Waals surface area contributed by atoms with Gasteiger partial charge in [0, 0.05) is 12.6 Å². The average molecular weight is 236 g/mol. The Morgan fingerprint density at radius 1 is 1.41 bits per heavy atom. The van der Waals surface area contributed by atoms with Crippen molar-refractivity contribution in [3.63, 3.8) is 0 Å². The quantitative estimate of drug-likeness (QED) is 0.833. The van der Waals surface area contributed by atoms with Crippen molar-refractivity contribution in [3.8, 4) is 5.88 Å². The molecule has 0 saturated carbocycles. The van der Waals surface area contributed by atoms with E-state index in [2.05, 4.69) is 9.88 Å². The number of hydrogen-bond acceptors (Lipinski definition) is 4. The fraction of sp³-hybridized carbons (Fsp3) is 0.500. The minimum atomic E-state index is -1.03. The normalized spacial score (nSPS) is 16.0. The molecule has 1 aliphatic rings. The third kappa shape index (κ3) is 3.42. The fourth-order valence-corrected chi connectivity index (χ4v) is 1.90. The van der Waals surface area contributed by atoms with E-state index in [0.29, 0.717) is 12.5 Å². The lowest BCUT2D eigenvalue weighted by Gasteiger charge is -2.14. The molecule has 0 radical (unpaired) electrons. The van der Waals surface area contributed by atoms with Crippen LogP contribution in [-0.4, -0.2) is 47.2 Å². The summed E-state index contributed by atoms with van der Waals surface area (Å²) in [6, 6.07) is 4.77. The summed E-state index contributed by atoms with van der Waals surface area (Å²) >= 11 is 0. The molecule has 0 aromatic carbocycles. The van der Waals surface area contributed by atoms with Crippen molar-refractivity contribution < 1.29 is 14.6 Å². The van der Waals surface area contributed by atoms with E-state index in [-0.39, 0.29) is 5.69 Å². The highest BCUT2D eigenvalue weighted by molar-refractivity contribution is 5.85. The van der Waals surface area contributed by atoms with Gasteiger partial charge in [0.1, 0.15) is 6.61 Å². The van der Waals surface area contributed by atoms with Crippen LogP contribution in [0.25, 0.3) is 0 Å². The van der Waals surface area contributed by atoms with Gasteiger partial charge in [-0.05, 0) is 32.0 Å². The van der Waals surface area contributed by atoms with Crippen LogP contribution in [0.5, 0.6) is 5.88 Å². The molecule has 1 fully saturated rings. The van der Waals surface area contributed by atoms with Crippen LogP contribution in [0.3, 0.4) is 0 Å². The Kier molecular flexibility index (Phi) is 3.93. The number of pyridine rings is 1. The predicted molar refractivity (Wildman–Crippen MR) is 62.4 cm³/mol. The lowest BCUT2D eigenvalue weighted by atomic mass is 10.3. The standard InChI is InChI=1S/C12H16N2O3/c15-12(16)10-4-3-5-11(13-10)17-9-8-14-6-1-2-7-14/h3-5H,1-2,6-9H2,(H,15,16). The van der Waals surface area contributed by atoms with Crippen molar-refractivity contribution >= 4 is 5.97 Å². The zero-order valence-corrected chi connectivity index (χ0v) is 9.63. The van der Waals surface area contributed by atoms with E-state index in [1.54, 1.807) is 12.1 Å². The van der Waals surface area contributed by atoms with Gasteiger partial charge in [-0.25, -0.2) is 9.78 Å². The van der Waals surface area contributed by atoms with E-state index < -0.39 is 5.97 Å². The number of carboxylic acids is 1. The van der Waals surface area contributed by atoms with Gasteiger partial charge < -0.3 is 9.84 Å². The van der Waals surface area contributed by atoms with Crippen LogP contribution in [-0.2, 0) is 0 Å². The maximum Gasteiger partial charge on any atom is 0.354 e. The Balaban J connectivity index is 1.81. The molecule has 1 saturated heterocycles. The minimum Gasteiger partial charge on any atom is -0.477 e. The van der Waals surface area contributed by atoms with Crippen molar-refractivity contribution in [1.29, 1.82) is 0 Å². The molecule has 2 heterocycles. The predicted octanol–water partition coefficient (Wildman–Crippen LogP) is 1.25. The first kappa shape index (κ1) is 11.9. The molecule has 5 nitrogen and oxygen atoms in total. The Hall–Kier alpha value is -1.62. The summed E-state index contributed by atoms with van der Waals surface area (Å²) in [6.07, 6.45) is 2.51. The number of likely N-dealkylation sites (tertiary alicyclic amines) is 1. The summed E-state index contributed by atoms with van der Waals surface area (Å²) in [5, 5.41) is 8.78. The number of carbonyl (C=O) groups is 1. The lowest BCUT2D eigenvalue weighted by Crippen LogP contribution is -2.25. The van der Waals surface area contributed by atoms with Crippen molar-refractivity contribution in [2.24, 2.45) is 0 Å². The highest BCUT2D eigenvalue weighted by Gasteiger charge is 2.11. The number of rotatable bonds is 5. The maximum absolute atomic E-state index is 10.7. The van der Waals surface area contributed by atoms with Crippen LogP contribution in [0.15, 0.2) is 18.2 Å². The van der Waals surface area contributed by atoms with Gasteiger partial charge in [0.2, 0.25) is 5.88 Å². The summed E-state index contributed by atoms with van der Waals surface area (Å²) in [5.41, 5.74) is 0.0173. The molecule has 0 spiro atoms. The molecule has 1 aromatic heterocycles. The molecule has 0 atom stereocenters. The second-order valence-corrected chi connectivity index (χ2v) is 4.06. The average Bonchev–Trinajstić information content (AvgIpc) is 2.82. The Bertz CT molecular complexity index is 389. The van der Waals surface area contributed by atoms with E-state index in [1.807, 2.05) is 0 Å². The van der Waals surface area contributed by atoms with Gasteiger partial charge in [-0.1, -0.05) is 6.07 Å². The second-order valence-electron chi connectivity index (χ2n) is 4.06. The minimum absolute atomic E-state index is 0.0173. The van der Waals surface area contributed by atoms with Gasteiger partial charge in [-0.2, -0.15) is 0 Å². The van der Waals surface area contributed by atoms with Crippen LogP contribution < -0.4 is 4.74 Å². The van der Waals surface area contributed by atoms with Crippen molar-refractivity contribution in [3.05, 3.63) is 23.9 Å². The number of aromatic carboxylic acids is 1. The molecule has 92 valence electrons. The summed E-state index contributed by atoms with van der Waals surface area (Å²) in [7, 11) is 0. The number of aromatic nitrogens is 1. The molecular formula is C12H16N2O3. The molecule has 2 rings (SSSR count). The Morgan fingerprint density at radius 3 is 2.88 bits per heavy atom. The van der Waals surface area contributed by atoms with Crippen LogP contribution >= 0.6 is 0 Å². The summed E-state index contributed by atoms with van der Waals surface area (Å²) < 4.78 is 5.44. The van der Waals surface area contributed by atoms with Gasteiger partial charge in [0.25, 0.3) is 0 Å². The number of nitrogens with zero attached hydrogens (tertiary/aromatic N) is 2. The van der Waals surface area contributed by atoms with E-state index in [1.165, 1.54) is 18.9 Å². The molecule has 0 aliphatic carbocycles. The zero-order chi connectivity index (χ0) is 12.1. The third-order valence-corrected chi connectivity index (χ3v) is 2.80. The van der Waals surface area contributed by atoms with Crippen LogP contribution in [0, 0.1) is 0 Å². The smallest absolute Gasteiger partial charge is 0.354 e. The van der Waals surface area contributed by atoms with Crippen LogP contribution in [0.2, 0.25) is 0 Å². The highest BCUT2D eigenvalue weighted by Crippen LogP contribution is 2.09. The van der Waals surface area contributed by atoms with E-state index >= 15 is 0 Å². The molecule has 17 heavy (non-hydrogen) atoms. The van der Waals surface area contributed by atoms with Crippen molar-refractivity contribution in [2.45, 2.75) is 12.8 Å². The Labute approximate surface area is 100 Å². The maximum atomic E-state index is 10.7. The molecule has 1 aliphatic heterocycles. The largest absolute Gasteiger partial charge is 0.477 e. The van der Waals surface area contributed by atoms with E-state index in [9.17, 15) is 4.79 Å². The van der Waals surface area contributed by atoms with Gasteiger partial charge in [-0.15, -0.1) is 0 Å². The second kappa shape index (κ2) is 5.63. The monoisotopic (exact) mass is 236 g/mol. The first-order chi connectivity index (χ1) is 8.25. The summed E-state index contributed by atoms with van der Waals surface area (Å²) in [6.45, 7) is 3.69. The highest BCUT2D eigenvalue weighted by atomic mass is 16.5. The molecule has 1 aromatic rings. The SMILES string of the molecule is O=C(O)c1cccc(OCCN2CCCC2)n1. The molecule has 1 N–H and O–H groups in total. The van der Waals surface area contributed by atoms with Gasteiger partial charge >= 0.3 is 5.97 Å². The van der Waals surface area contributed by atoms with E-state index in [4.69, 9.17) is 9.84 Å². The molecule has 0 unspecified atom stereocenters. The topological polar surface area (TPSA) is 62.7 Å². The number of carboxylic acid groups (broad SMARTS) is 1. The first-order valence-electron chi connectivity index (χ1n) is 5.81. The molecule has 5 heteroatoms. The van der Waals surface area contributed by atoms with Gasteiger partial charge in [0.05, 0.1) is 0 Å². The van der Waals surface area contributed by atoms with Crippen LogP contribution in [0.4, 0.5) is 0 Å². The fourth-order valence-electron chi connectivity index (χ4n) is 1.90. The third-order valence-electron chi connectivity index (χ3n) is 2.80. The number of ether oxygens (including phenoxy) is 1. The first-order valence-corrected chi connectivity index (χ1v) is 5.81. The van der Waals surface area contributed by atoms with Gasteiger partial charge in [0.15, 0.2) is 5.69 Å². The summed E-state index contributed by atoms with van der Waals surface area (Å²) in [4.78, 5) is 16.9. The number of hydrogen-bond donors (Lipinski definition) is 1. The van der Waals surface area contributed by atoms with Crippen molar-refractivity contribution in [1.82, 2.24) is 9.88 Å². The Morgan fingerprint density at radius 2 is 2.18 bits per heavy atom. The van der Waals surface area contributed by atoms with Crippen molar-refractivity contribution in [2.75, 3.05) is 26.2 Å². The molecule has 0 bridgehead atoms. The molecule has 0 amide bonds. The molecular weight excluding hydrogens is 220 g/mol. The van der Waals surface area contributed by atoms with E-state index in [0.717, 1.165) is 19.6 Å². The lowest BCUT2D eigenvalue weighted by molar-refractivity contribution is 0.0689. The zero-order valence-electron chi connectivity index (χ0n) is 9.63.